The number of amides is 2. The van der Waals surface area contributed by atoms with Gasteiger partial charge in [-0.3, -0.25) is 9.59 Å². The number of nitrogens with zero attached hydrogens (tertiary/aromatic N) is 5. The van der Waals surface area contributed by atoms with E-state index in [4.69, 9.17) is 9.47 Å². The SMILES string of the molecule is O=C(CC1(CC(=O)N(Cc2ccccc2)CC2COc3ccccc3O2)CCCC1)N1CCn2c(nnc2C(F)(F)F)C1. The zero-order valence-corrected chi connectivity index (χ0v) is 23.8. The van der Waals surface area contributed by atoms with Gasteiger partial charge < -0.3 is 23.8 Å². The summed E-state index contributed by atoms with van der Waals surface area (Å²) in [5.74, 6) is 0.162. The van der Waals surface area contributed by atoms with Crippen LogP contribution in [0.2, 0.25) is 0 Å². The summed E-state index contributed by atoms with van der Waals surface area (Å²) in [6.45, 7) is 1.12. The smallest absolute Gasteiger partial charge is 0.451 e. The maximum Gasteiger partial charge on any atom is 0.451 e. The van der Waals surface area contributed by atoms with Gasteiger partial charge in [0.15, 0.2) is 23.4 Å². The highest BCUT2D eigenvalue weighted by molar-refractivity contribution is 5.81. The lowest BCUT2D eigenvalue weighted by Crippen LogP contribution is -2.45. The molecule has 9 nitrogen and oxygen atoms in total. The third-order valence-corrected chi connectivity index (χ3v) is 8.64. The van der Waals surface area contributed by atoms with E-state index in [0.717, 1.165) is 35.8 Å². The van der Waals surface area contributed by atoms with Gasteiger partial charge in [-0.1, -0.05) is 55.3 Å². The van der Waals surface area contributed by atoms with Crippen molar-refractivity contribution >= 4 is 11.8 Å². The van der Waals surface area contributed by atoms with Gasteiger partial charge in [-0.15, -0.1) is 10.2 Å². The lowest BCUT2D eigenvalue weighted by Gasteiger charge is -2.36. The van der Waals surface area contributed by atoms with Crippen molar-refractivity contribution in [1.29, 1.82) is 0 Å². The molecule has 2 aliphatic heterocycles. The summed E-state index contributed by atoms with van der Waals surface area (Å²) in [6.07, 6.45) is -1.28. The molecule has 0 spiro atoms. The molecule has 1 saturated carbocycles. The van der Waals surface area contributed by atoms with Crippen LogP contribution in [0.15, 0.2) is 54.6 Å². The normalized spacial score (nSPS) is 19.1. The minimum absolute atomic E-state index is 0.0215. The first kappa shape index (κ1) is 29.0. The number of halogens is 3. The Bertz CT molecular complexity index is 1460. The van der Waals surface area contributed by atoms with Gasteiger partial charge in [0, 0.05) is 32.5 Å². The first-order chi connectivity index (χ1) is 20.7. The molecule has 2 amide bonds. The van der Waals surface area contributed by atoms with Crippen LogP contribution in [0.25, 0.3) is 0 Å². The van der Waals surface area contributed by atoms with Crippen molar-refractivity contribution in [3.8, 4) is 11.5 Å². The zero-order valence-electron chi connectivity index (χ0n) is 23.8. The summed E-state index contributed by atoms with van der Waals surface area (Å²) in [6, 6.07) is 17.2. The van der Waals surface area contributed by atoms with E-state index in [1.54, 1.807) is 9.80 Å². The van der Waals surface area contributed by atoms with Crippen LogP contribution in [0.1, 0.15) is 55.7 Å². The third kappa shape index (κ3) is 6.47. The van der Waals surface area contributed by atoms with Crippen LogP contribution in [0.5, 0.6) is 11.5 Å². The Morgan fingerprint density at radius 2 is 1.67 bits per heavy atom. The van der Waals surface area contributed by atoms with Crippen molar-refractivity contribution in [3.63, 3.8) is 0 Å². The number of carbonyl (C=O) groups is 2. The van der Waals surface area contributed by atoms with Crippen molar-refractivity contribution in [2.75, 3.05) is 19.7 Å². The quantitative estimate of drug-likeness (QED) is 0.369. The number of fused-ring (bicyclic) bond motifs is 2. The van der Waals surface area contributed by atoms with Crippen LogP contribution in [0, 0.1) is 5.41 Å². The molecular weight excluding hydrogens is 563 g/mol. The molecule has 3 aromatic rings. The molecule has 1 atom stereocenters. The molecule has 3 aliphatic rings. The molecule has 1 aromatic heterocycles. The van der Waals surface area contributed by atoms with Crippen LogP contribution in [0.4, 0.5) is 13.2 Å². The maximum absolute atomic E-state index is 14.0. The van der Waals surface area contributed by atoms with Gasteiger partial charge in [-0.25, -0.2) is 0 Å². The second-order valence-electron chi connectivity index (χ2n) is 11.7. The summed E-state index contributed by atoms with van der Waals surface area (Å²) in [4.78, 5) is 30.9. The third-order valence-electron chi connectivity index (χ3n) is 8.64. The Kier molecular flexibility index (Phi) is 8.02. The minimum atomic E-state index is -4.60. The largest absolute Gasteiger partial charge is 0.486 e. The second kappa shape index (κ2) is 11.9. The van der Waals surface area contributed by atoms with E-state index in [0.29, 0.717) is 31.2 Å². The highest BCUT2D eigenvalue weighted by Gasteiger charge is 2.43. The van der Waals surface area contributed by atoms with E-state index in [1.807, 2.05) is 54.6 Å². The predicted molar refractivity (Wildman–Crippen MR) is 149 cm³/mol. The zero-order chi connectivity index (χ0) is 30.0. The van der Waals surface area contributed by atoms with Gasteiger partial charge in [-0.05, 0) is 36.0 Å². The van der Waals surface area contributed by atoms with E-state index >= 15 is 0 Å². The van der Waals surface area contributed by atoms with Gasteiger partial charge in [0.25, 0.3) is 0 Å². The summed E-state index contributed by atoms with van der Waals surface area (Å²) >= 11 is 0. The molecule has 3 heterocycles. The lowest BCUT2D eigenvalue weighted by molar-refractivity contribution is -0.148. The van der Waals surface area contributed by atoms with Crippen LogP contribution in [-0.2, 0) is 35.4 Å². The molecule has 0 saturated heterocycles. The average Bonchev–Trinajstić information content (AvgIpc) is 3.64. The number of hydrogen-bond donors (Lipinski definition) is 0. The maximum atomic E-state index is 14.0. The van der Waals surface area contributed by atoms with Crippen LogP contribution in [0.3, 0.4) is 0 Å². The number of carbonyl (C=O) groups excluding carboxylic acids is 2. The predicted octanol–water partition coefficient (Wildman–Crippen LogP) is 4.85. The fraction of sp³-hybridized carbons (Fsp3) is 0.484. The molecule has 6 rings (SSSR count). The molecule has 228 valence electrons. The van der Waals surface area contributed by atoms with Gasteiger partial charge in [0.2, 0.25) is 17.6 Å². The molecule has 0 N–H and O–H groups in total. The number of rotatable bonds is 8. The molecule has 43 heavy (non-hydrogen) atoms. The van der Waals surface area contributed by atoms with Crippen molar-refractivity contribution in [1.82, 2.24) is 24.6 Å². The van der Waals surface area contributed by atoms with E-state index < -0.39 is 17.4 Å². The highest BCUT2D eigenvalue weighted by atomic mass is 19.4. The Labute approximate surface area is 247 Å². The second-order valence-corrected chi connectivity index (χ2v) is 11.7. The topological polar surface area (TPSA) is 89.8 Å². The average molecular weight is 598 g/mol. The minimum Gasteiger partial charge on any atom is -0.486 e. The van der Waals surface area contributed by atoms with Crippen LogP contribution >= 0.6 is 0 Å². The molecule has 2 aromatic carbocycles. The van der Waals surface area contributed by atoms with Crippen molar-refractivity contribution in [3.05, 3.63) is 71.8 Å². The molecule has 1 aliphatic carbocycles. The number of alkyl halides is 3. The Morgan fingerprint density at radius 1 is 0.953 bits per heavy atom. The lowest BCUT2D eigenvalue weighted by atomic mass is 9.78. The fourth-order valence-electron chi connectivity index (χ4n) is 6.44. The number of para-hydroxylation sites is 2. The molecule has 1 unspecified atom stereocenters. The van der Waals surface area contributed by atoms with E-state index in [-0.39, 0.29) is 56.2 Å². The van der Waals surface area contributed by atoms with Gasteiger partial charge in [0.1, 0.15) is 6.61 Å². The number of benzene rings is 2. The van der Waals surface area contributed by atoms with E-state index in [1.165, 1.54) is 0 Å². The summed E-state index contributed by atoms with van der Waals surface area (Å²) in [5.41, 5.74) is 0.474. The monoisotopic (exact) mass is 597 g/mol. The summed E-state index contributed by atoms with van der Waals surface area (Å²) < 4.78 is 52.9. The van der Waals surface area contributed by atoms with Gasteiger partial charge in [-0.2, -0.15) is 13.2 Å². The van der Waals surface area contributed by atoms with E-state index in [2.05, 4.69) is 10.2 Å². The standard InChI is InChI=1S/C31H34F3N5O4/c32-31(33,34)29-36-35-26-20-37(14-15-39(26)29)27(40)16-30(12-6-7-13-30)17-28(41)38(18-22-8-2-1-3-9-22)19-23-21-42-24-10-4-5-11-25(24)43-23/h1-5,8-11,23H,6-7,12-21H2. The van der Waals surface area contributed by atoms with E-state index in [9.17, 15) is 22.8 Å². The van der Waals surface area contributed by atoms with Crippen molar-refractivity contribution < 1.29 is 32.2 Å². The molecule has 0 radical (unpaired) electrons. The van der Waals surface area contributed by atoms with Crippen LogP contribution in [-0.4, -0.2) is 62.2 Å². The number of aromatic nitrogens is 3. The number of hydrogen-bond acceptors (Lipinski definition) is 6. The first-order valence-corrected chi connectivity index (χ1v) is 14.7. The number of ether oxygens (including phenoxy) is 2. The molecular formula is C31H34F3N5O4. The summed E-state index contributed by atoms with van der Waals surface area (Å²) in [5, 5.41) is 7.02. The first-order valence-electron chi connectivity index (χ1n) is 14.7. The van der Waals surface area contributed by atoms with Crippen LogP contribution < -0.4 is 9.47 Å². The van der Waals surface area contributed by atoms with Gasteiger partial charge >= 0.3 is 6.18 Å². The molecule has 1 fully saturated rings. The van der Waals surface area contributed by atoms with Gasteiger partial charge in [0.05, 0.1) is 13.1 Å². The Hall–Kier alpha value is -4.09. The Balaban J connectivity index is 1.15. The highest BCUT2D eigenvalue weighted by Crippen LogP contribution is 2.45. The fourth-order valence-corrected chi connectivity index (χ4v) is 6.44. The van der Waals surface area contributed by atoms with Crippen molar-refractivity contribution in [2.45, 2.75) is 70.4 Å². The van der Waals surface area contributed by atoms with Crippen molar-refractivity contribution in [2.24, 2.45) is 5.41 Å². The molecule has 0 bridgehead atoms. The summed E-state index contributed by atoms with van der Waals surface area (Å²) in [7, 11) is 0. The Morgan fingerprint density at radius 3 is 2.42 bits per heavy atom. The molecule has 12 heteroatoms.